The second-order valence-corrected chi connectivity index (χ2v) is 3.26. The van der Waals surface area contributed by atoms with Gasteiger partial charge in [0.2, 0.25) is 0 Å². The topological polar surface area (TPSA) is 23.5 Å². The van der Waals surface area contributed by atoms with Gasteiger partial charge in [0, 0.05) is 5.54 Å². The molecule has 1 atom stereocenters. The van der Waals surface area contributed by atoms with Crippen LogP contribution in [0.25, 0.3) is 0 Å². The molecule has 1 heterocycles. The number of hydrogen-bond donors (Lipinski definition) is 1. The van der Waals surface area contributed by atoms with Crippen LogP contribution in [0.4, 0.5) is 0 Å². The quantitative estimate of drug-likeness (QED) is 0.619. The Bertz CT molecular complexity index is 110. The van der Waals surface area contributed by atoms with Gasteiger partial charge in [0.15, 0.2) is 0 Å². The van der Waals surface area contributed by atoms with Gasteiger partial charge in [-0.1, -0.05) is 6.92 Å². The van der Waals surface area contributed by atoms with E-state index in [-0.39, 0.29) is 5.54 Å². The minimum Gasteiger partial charge on any atom is -0.394 e. The zero-order valence-corrected chi connectivity index (χ0v) is 6.93. The first kappa shape index (κ1) is 8.02. The van der Waals surface area contributed by atoms with Crippen molar-refractivity contribution in [3.05, 3.63) is 0 Å². The molecule has 1 aliphatic rings. The molecular formula is C8H17NO. The summed E-state index contributed by atoms with van der Waals surface area (Å²) in [5.74, 6) is 0. The highest BCUT2D eigenvalue weighted by atomic mass is 16.3. The summed E-state index contributed by atoms with van der Waals surface area (Å²) in [4.78, 5) is 2.28. The lowest BCUT2D eigenvalue weighted by Gasteiger charge is -2.33. The largest absolute Gasteiger partial charge is 0.394 e. The van der Waals surface area contributed by atoms with E-state index in [0.717, 1.165) is 19.4 Å². The Morgan fingerprint density at radius 1 is 1.60 bits per heavy atom. The molecule has 2 heteroatoms. The first-order valence-corrected chi connectivity index (χ1v) is 4.07. The molecule has 0 bridgehead atoms. The molecule has 0 aromatic rings. The van der Waals surface area contributed by atoms with E-state index in [1.54, 1.807) is 0 Å². The van der Waals surface area contributed by atoms with E-state index in [1.165, 1.54) is 6.42 Å². The van der Waals surface area contributed by atoms with E-state index in [9.17, 15) is 0 Å². The van der Waals surface area contributed by atoms with Crippen molar-refractivity contribution in [1.82, 2.24) is 4.90 Å². The van der Waals surface area contributed by atoms with Crippen LogP contribution in [0.3, 0.4) is 0 Å². The van der Waals surface area contributed by atoms with Crippen LogP contribution in [0, 0.1) is 0 Å². The van der Waals surface area contributed by atoms with Gasteiger partial charge in [-0.2, -0.15) is 0 Å². The van der Waals surface area contributed by atoms with E-state index >= 15 is 0 Å². The van der Waals surface area contributed by atoms with E-state index < -0.39 is 0 Å². The molecular weight excluding hydrogens is 126 g/mol. The molecule has 10 heavy (non-hydrogen) atoms. The van der Waals surface area contributed by atoms with Crippen molar-refractivity contribution in [1.29, 1.82) is 0 Å². The lowest BCUT2D eigenvalue weighted by molar-refractivity contribution is 0.0804. The summed E-state index contributed by atoms with van der Waals surface area (Å²) in [5.41, 5.74) is 0.125. The highest BCUT2D eigenvalue weighted by Crippen LogP contribution is 2.29. The minimum atomic E-state index is 0.125. The molecule has 1 N–H and O–H groups in total. The van der Waals surface area contributed by atoms with Crippen LogP contribution in [0.1, 0.15) is 26.2 Å². The summed E-state index contributed by atoms with van der Waals surface area (Å²) in [6, 6.07) is 0. The summed E-state index contributed by atoms with van der Waals surface area (Å²) in [7, 11) is 2.10. The predicted octanol–water partition coefficient (Wildman–Crippen LogP) is 0.853. The highest BCUT2D eigenvalue weighted by Gasteiger charge is 2.35. The molecule has 1 saturated heterocycles. The van der Waals surface area contributed by atoms with Gasteiger partial charge in [0.1, 0.15) is 0 Å². The maximum Gasteiger partial charge on any atom is 0.0615 e. The van der Waals surface area contributed by atoms with Gasteiger partial charge in [0.05, 0.1) is 6.61 Å². The van der Waals surface area contributed by atoms with Crippen molar-refractivity contribution in [2.75, 3.05) is 20.2 Å². The maximum atomic E-state index is 9.15. The van der Waals surface area contributed by atoms with Gasteiger partial charge in [-0.05, 0) is 32.9 Å². The molecule has 0 saturated carbocycles. The van der Waals surface area contributed by atoms with Crippen molar-refractivity contribution in [3.63, 3.8) is 0 Å². The van der Waals surface area contributed by atoms with E-state index in [4.69, 9.17) is 5.11 Å². The first-order chi connectivity index (χ1) is 4.75. The van der Waals surface area contributed by atoms with Crippen LogP contribution in [0.2, 0.25) is 0 Å². The molecule has 60 valence electrons. The van der Waals surface area contributed by atoms with Crippen molar-refractivity contribution in [2.45, 2.75) is 31.7 Å². The molecule has 1 fully saturated rings. The Balaban J connectivity index is 2.61. The number of aliphatic hydroxyl groups excluding tert-OH is 1. The zero-order chi connectivity index (χ0) is 7.61. The van der Waals surface area contributed by atoms with Crippen LogP contribution in [0.5, 0.6) is 0 Å². The molecule has 2 nitrogen and oxygen atoms in total. The van der Waals surface area contributed by atoms with Crippen LogP contribution in [-0.2, 0) is 0 Å². The maximum absolute atomic E-state index is 9.15. The third kappa shape index (κ3) is 1.06. The Morgan fingerprint density at radius 2 is 2.30 bits per heavy atom. The third-order valence-electron chi connectivity index (χ3n) is 2.90. The Labute approximate surface area is 62.8 Å². The van der Waals surface area contributed by atoms with Crippen molar-refractivity contribution in [2.24, 2.45) is 0 Å². The SMILES string of the molecule is CCC1(CO)CCCN1C. The number of hydrogen-bond acceptors (Lipinski definition) is 2. The molecule has 0 spiro atoms. The normalized spacial score (nSPS) is 35.1. The van der Waals surface area contributed by atoms with E-state index in [1.807, 2.05) is 0 Å². The summed E-state index contributed by atoms with van der Waals surface area (Å²) < 4.78 is 0. The van der Waals surface area contributed by atoms with Gasteiger partial charge < -0.3 is 5.11 Å². The predicted molar refractivity (Wildman–Crippen MR) is 42.0 cm³/mol. The Kier molecular flexibility index (Phi) is 2.32. The molecule has 0 aromatic carbocycles. The standard InChI is InChI=1S/C8H17NO/c1-3-8(7-10)5-4-6-9(8)2/h10H,3-7H2,1-2H3. The number of rotatable bonds is 2. The fraction of sp³-hybridized carbons (Fsp3) is 1.00. The minimum absolute atomic E-state index is 0.125. The van der Waals surface area contributed by atoms with E-state index in [0.29, 0.717) is 6.61 Å². The van der Waals surface area contributed by atoms with Crippen LogP contribution in [0.15, 0.2) is 0 Å². The fourth-order valence-corrected chi connectivity index (χ4v) is 1.83. The van der Waals surface area contributed by atoms with Gasteiger partial charge >= 0.3 is 0 Å². The third-order valence-corrected chi connectivity index (χ3v) is 2.90. The molecule has 1 aliphatic heterocycles. The number of likely N-dealkylation sites (tertiary alicyclic amines) is 1. The van der Waals surface area contributed by atoms with Gasteiger partial charge in [-0.15, -0.1) is 0 Å². The first-order valence-electron chi connectivity index (χ1n) is 4.07. The van der Waals surface area contributed by atoms with Crippen molar-refractivity contribution in [3.8, 4) is 0 Å². The summed E-state index contributed by atoms with van der Waals surface area (Å²) in [6.07, 6.45) is 3.47. The molecule has 0 aromatic heterocycles. The number of nitrogens with zero attached hydrogens (tertiary/aromatic N) is 1. The lowest BCUT2D eigenvalue weighted by atomic mass is 9.94. The average molecular weight is 143 g/mol. The second kappa shape index (κ2) is 2.89. The lowest BCUT2D eigenvalue weighted by Crippen LogP contribution is -2.43. The summed E-state index contributed by atoms with van der Waals surface area (Å²) in [5, 5.41) is 9.15. The van der Waals surface area contributed by atoms with E-state index in [2.05, 4.69) is 18.9 Å². The zero-order valence-electron chi connectivity index (χ0n) is 6.93. The van der Waals surface area contributed by atoms with Crippen LogP contribution in [-0.4, -0.2) is 35.7 Å². The Hall–Kier alpha value is -0.0800. The Morgan fingerprint density at radius 3 is 2.50 bits per heavy atom. The van der Waals surface area contributed by atoms with Gasteiger partial charge in [0.25, 0.3) is 0 Å². The fourth-order valence-electron chi connectivity index (χ4n) is 1.83. The van der Waals surface area contributed by atoms with Crippen LogP contribution >= 0.6 is 0 Å². The summed E-state index contributed by atoms with van der Waals surface area (Å²) >= 11 is 0. The van der Waals surface area contributed by atoms with Crippen molar-refractivity contribution >= 4 is 0 Å². The molecule has 1 rings (SSSR count). The average Bonchev–Trinajstić information content (AvgIpc) is 2.32. The van der Waals surface area contributed by atoms with Gasteiger partial charge in [-0.3, -0.25) is 4.90 Å². The highest BCUT2D eigenvalue weighted by molar-refractivity contribution is 4.92. The number of aliphatic hydroxyl groups is 1. The molecule has 0 amide bonds. The molecule has 0 aliphatic carbocycles. The van der Waals surface area contributed by atoms with Gasteiger partial charge in [-0.25, -0.2) is 0 Å². The monoisotopic (exact) mass is 143 g/mol. The number of likely N-dealkylation sites (N-methyl/N-ethyl adjacent to an activating group) is 1. The summed E-state index contributed by atoms with van der Waals surface area (Å²) in [6.45, 7) is 3.62. The van der Waals surface area contributed by atoms with Crippen LogP contribution < -0.4 is 0 Å². The smallest absolute Gasteiger partial charge is 0.0615 e. The molecule has 1 unspecified atom stereocenters. The molecule has 0 radical (unpaired) electrons. The van der Waals surface area contributed by atoms with Crippen molar-refractivity contribution < 1.29 is 5.11 Å². The second-order valence-electron chi connectivity index (χ2n) is 3.26.